The molecule has 21 heavy (non-hydrogen) atoms. The summed E-state index contributed by atoms with van der Waals surface area (Å²) in [4.78, 5) is 14.2. The van der Waals surface area contributed by atoms with Gasteiger partial charge in [-0.3, -0.25) is 0 Å². The zero-order valence-electron chi connectivity index (χ0n) is 11.4. The highest BCUT2D eigenvalue weighted by atomic mass is 35.5. The maximum atomic E-state index is 6.37. The van der Waals surface area contributed by atoms with Crippen LogP contribution in [0.3, 0.4) is 0 Å². The summed E-state index contributed by atoms with van der Waals surface area (Å²) in [6, 6.07) is 2.16. The maximum absolute atomic E-state index is 6.37. The fourth-order valence-corrected chi connectivity index (χ4v) is 3.42. The number of thiazole rings is 1. The third kappa shape index (κ3) is 2.04. The second-order valence-electron chi connectivity index (χ2n) is 4.95. The van der Waals surface area contributed by atoms with Gasteiger partial charge in [-0.15, -0.1) is 11.3 Å². The Hall–Kier alpha value is -1.85. The molecule has 4 heterocycles. The lowest BCUT2D eigenvalue weighted by Gasteiger charge is -2.39. The Kier molecular flexibility index (Phi) is 2.97. The molecular formula is C15H13ClN4S. The molecule has 0 aliphatic carbocycles. The minimum Gasteiger partial charge on any atom is -0.364 e. The van der Waals surface area contributed by atoms with Crippen LogP contribution in [-0.2, 0) is 6.42 Å². The van der Waals surface area contributed by atoms with Gasteiger partial charge in [0.25, 0.3) is 0 Å². The number of hydrogen-bond acceptors (Lipinski definition) is 4. The van der Waals surface area contributed by atoms with E-state index >= 15 is 0 Å². The Balaban J connectivity index is 1.70. The fourth-order valence-electron chi connectivity index (χ4n) is 2.51. The van der Waals surface area contributed by atoms with E-state index in [1.807, 2.05) is 17.7 Å². The van der Waals surface area contributed by atoms with E-state index in [-0.39, 0.29) is 6.17 Å². The predicted molar refractivity (Wildman–Crippen MR) is 86.4 cm³/mol. The van der Waals surface area contributed by atoms with E-state index < -0.39 is 0 Å². The second-order valence-corrected chi connectivity index (χ2v) is 6.28. The fraction of sp³-hybridized carbons (Fsp3) is 0.200. The molecule has 0 bridgehead atoms. The first-order valence-electron chi connectivity index (χ1n) is 6.79. The molecule has 2 aromatic rings. The summed E-state index contributed by atoms with van der Waals surface area (Å²) in [7, 11) is 0. The van der Waals surface area contributed by atoms with Gasteiger partial charge in [-0.2, -0.15) is 0 Å². The zero-order chi connectivity index (χ0) is 14.4. The summed E-state index contributed by atoms with van der Waals surface area (Å²) in [5, 5.41) is 3.63. The summed E-state index contributed by atoms with van der Waals surface area (Å²) >= 11 is 7.96. The number of hydrogen-bond donors (Lipinski definition) is 1. The normalized spacial score (nSPS) is 20.4. The van der Waals surface area contributed by atoms with Crippen molar-refractivity contribution < 1.29 is 0 Å². The molecule has 6 heteroatoms. The molecule has 0 spiro atoms. The number of aryl methyl sites for hydroxylation is 1. The summed E-state index contributed by atoms with van der Waals surface area (Å²) in [6.45, 7) is 2.13. The minimum atomic E-state index is -0.0843. The Bertz CT molecular complexity index is 769. The lowest BCUT2D eigenvalue weighted by atomic mass is 10.0. The zero-order valence-corrected chi connectivity index (χ0v) is 12.9. The van der Waals surface area contributed by atoms with Crippen molar-refractivity contribution in [2.75, 3.05) is 0 Å². The van der Waals surface area contributed by atoms with Crippen LogP contribution >= 0.6 is 22.9 Å². The maximum Gasteiger partial charge on any atom is 0.169 e. The van der Waals surface area contributed by atoms with Crippen LogP contribution in [0.25, 0.3) is 5.57 Å². The third-order valence-corrected chi connectivity index (χ3v) is 4.72. The molecule has 2 aromatic heterocycles. The van der Waals surface area contributed by atoms with Crippen molar-refractivity contribution >= 4 is 34.3 Å². The van der Waals surface area contributed by atoms with Crippen molar-refractivity contribution in [1.29, 1.82) is 0 Å². The van der Waals surface area contributed by atoms with Gasteiger partial charge < -0.3 is 9.88 Å². The Labute approximate surface area is 131 Å². The summed E-state index contributed by atoms with van der Waals surface area (Å²) < 4.78 is 0. The number of aromatic amines is 1. The van der Waals surface area contributed by atoms with Crippen molar-refractivity contribution in [3.8, 4) is 0 Å². The van der Waals surface area contributed by atoms with Crippen LogP contribution in [-0.4, -0.2) is 26.9 Å². The molecule has 2 aliphatic rings. The number of nitrogens with zero attached hydrogens (tertiary/aromatic N) is 3. The molecule has 1 unspecified atom stereocenters. The van der Waals surface area contributed by atoms with Gasteiger partial charge in [0, 0.05) is 40.8 Å². The molecule has 0 saturated carbocycles. The Morgan fingerprint density at radius 1 is 1.48 bits per heavy atom. The monoisotopic (exact) mass is 316 g/mol. The molecule has 4 rings (SSSR count). The third-order valence-electron chi connectivity index (χ3n) is 3.65. The first-order valence-corrected chi connectivity index (χ1v) is 8.04. The Morgan fingerprint density at radius 3 is 3.10 bits per heavy atom. The molecule has 1 atom stereocenters. The van der Waals surface area contributed by atoms with E-state index in [1.54, 1.807) is 17.5 Å². The Morgan fingerprint density at radius 2 is 2.38 bits per heavy atom. The van der Waals surface area contributed by atoms with Crippen LogP contribution < -0.4 is 0 Å². The van der Waals surface area contributed by atoms with Crippen molar-refractivity contribution in [1.82, 2.24) is 14.9 Å². The number of rotatable bonds is 3. The van der Waals surface area contributed by atoms with E-state index in [4.69, 9.17) is 11.6 Å². The van der Waals surface area contributed by atoms with Crippen LogP contribution in [0.4, 0.5) is 0 Å². The van der Waals surface area contributed by atoms with Gasteiger partial charge in [0.2, 0.25) is 0 Å². The molecule has 106 valence electrons. The van der Waals surface area contributed by atoms with Gasteiger partial charge in [-0.25, -0.2) is 9.98 Å². The second kappa shape index (κ2) is 4.86. The first kappa shape index (κ1) is 12.9. The van der Waals surface area contributed by atoms with Crippen LogP contribution in [0.5, 0.6) is 0 Å². The highest BCUT2D eigenvalue weighted by Gasteiger charge is 2.36. The molecule has 1 N–H and O–H groups in total. The standard InChI is InChI=1S/C15H13ClN4S/c1-2-11-5-9(7-18-11)10-6-12(16)13-19-14(20(13)8-10)15-17-3-4-21-15/h3-8,13,18H,2H2,1H3. The average Bonchev–Trinajstić information content (AvgIpc) is 3.12. The van der Waals surface area contributed by atoms with Crippen LogP contribution in [0.1, 0.15) is 23.2 Å². The van der Waals surface area contributed by atoms with E-state index in [1.165, 1.54) is 5.69 Å². The highest BCUT2D eigenvalue weighted by Crippen LogP contribution is 2.36. The molecule has 0 fully saturated rings. The average molecular weight is 317 g/mol. The van der Waals surface area contributed by atoms with Crippen LogP contribution in [0.15, 0.2) is 46.1 Å². The molecule has 0 radical (unpaired) electrons. The summed E-state index contributed by atoms with van der Waals surface area (Å²) in [5.41, 5.74) is 3.46. The quantitative estimate of drug-likeness (QED) is 0.940. The molecule has 0 aromatic carbocycles. The lowest BCUT2D eigenvalue weighted by Crippen LogP contribution is -2.47. The lowest BCUT2D eigenvalue weighted by molar-refractivity contribution is 0.411. The largest absolute Gasteiger partial charge is 0.364 e. The van der Waals surface area contributed by atoms with Crippen LogP contribution in [0, 0.1) is 0 Å². The number of H-pyrrole nitrogens is 1. The van der Waals surface area contributed by atoms with Crippen molar-refractivity contribution in [3.63, 3.8) is 0 Å². The van der Waals surface area contributed by atoms with E-state index in [0.717, 1.165) is 33.4 Å². The number of aliphatic imine (C=N–C) groups is 1. The highest BCUT2D eigenvalue weighted by molar-refractivity contribution is 7.11. The number of nitrogens with one attached hydrogen (secondary N) is 1. The van der Waals surface area contributed by atoms with Gasteiger partial charge in [-0.05, 0) is 18.6 Å². The van der Waals surface area contributed by atoms with Gasteiger partial charge in [0.1, 0.15) is 0 Å². The van der Waals surface area contributed by atoms with Gasteiger partial charge in [0.05, 0.1) is 5.03 Å². The SMILES string of the molecule is CCc1cc(C2=CN3C(c4nccs4)=NC3C(Cl)=C2)c[nH]1. The predicted octanol–water partition coefficient (Wildman–Crippen LogP) is 3.60. The summed E-state index contributed by atoms with van der Waals surface area (Å²) in [5.74, 6) is 0.894. The number of amidine groups is 1. The molecule has 4 nitrogen and oxygen atoms in total. The smallest absolute Gasteiger partial charge is 0.169 e. The van der Waals surface area contributed by atoms with Crippen molar-refractivity contribution in [2.45, 2.75) is 19.5 Å². The van der Waals surface area contributed by atoms with Gasteiger partial charge >= 0.3 is 0 Å². The molecule has 2 aliphatic heterocycles. The number of halogens is 1. The minimum absolute atomic E-state index is 0.0843. The molecule has 0 saturated heterocycles. The number of allylic oxidation sites excluding steroid dienone is 2. The van der Waals surface area contributed by atoms with Gasteiger partial charge in [0.15, 0.2) is 17.0 Å². The number of fused-ring (bicyclic) bond motifs is 1. The van der Waals surface area contributed by atoms with Gasteiger partial charge in [-0.1, -0.05) is 18.5 Å². The molecule has 0 amide bonds. The van der Waals surface area contributed by atoms with Crippen LogP contribution in [0.2, 0.25) is 0 Å². The van der Waals surface area contributed by atoms with E-state index in [0.29, 0.717) is 0 Å². The topological polar surface area (TPSA) is 44.3 Å². The van der Waals surface area contributed by atoms with E-state index in [9.17, 15) is 0 Å². The summed E-state index contributed by atoms with van der Waals surface area (Å²) in [6.07, 6.45) is 8.81. The van der Waals surface area contributed by atoms with Crippen molar-refractivity contribution in [3.05, 3.63) is 57.4 Å². The first-order chi connectivity index (χ1) is 10.3. The number of aromatic nitrogens is 2. The molecular weight excluding hydrogens is 304 g/mol. The van der Waals surface area contributed by atoms with Crippen molar-refractivity contribution in [2.24, 2.45) is 4.99 Å². The van der Waals surface area contributed by atoms with E-state index in [2.05, 4.69) is 39.1 Å².